The fourth-order valence-electron chi connectivity index (χ4n) is 1.88. The number of hydrogen-bond acceptors (Lipinski definition) is 3. The topological polar surface area (TPSA) is 21.3 Å². The molecule has 0 saturated heterocycles. The molecule has 0 aliphatic heterocycles. The molecule has 0 aliphatic carbocycles. The molecule has 1 aromatic heterocycles. The molecule has 0 fully saturated rings. The van der Waals surface area contributed by atoms with Crippen LogP contribution in [0.4, 0.5) is 4.39 Å². The Kier molecular flexibility index (Phi) is 4.96. The third kappa shape index (κ3) is 3.55. The molecule has 1 atom stereocenters. The maximum absolute atomic E-state index is 13.9. The maximum atomic E-state index is 13.9. The lowest BCUT2D eigenvalue weighted by atomic mass is 10.0. The first-order chi connectivity index (χ1) is 9.13. The van der Waals surface area contributed by atoms with Crippen LogP contribution in [-0.4, -0.2) is 14.2 Å². The molecule has 1 unspecified atom stereocenters. The molecule has 102 valence electrons. The highest BCUT2D eigenvalue weighted by atomic mass is 79.9. The molecule has 1 aromatic carbocycles. The van der Waals surface area contributed by atoms with Crippen molar-refractivity contribution in [2.45, 2.75) is 12.5 Å². The molecule has 1 heterocycles. The van der Waals surface area contributed by atoms with Crippen molar-refractivity contribution in [1.82, 2.24) is 5.32 Å². The van der Waals surface area contributed by atoms with Crippen LogP contribution in [-0.2, 0) is 6.42 Å². The Balaban J connectivity index is 2.18. The molecule has 0 spiro atoms. The van der Waals surface area contributed by atoms with Crippen LogP contribution < -0.4 is 10.1 Å². The van der Waals surface area contributed by atoms with Crippen molar-refractivity contribution in [3.05, 3.63) is 50.4 Å². The summed E-state index contributed by atoms with van der Waals surface area (Å²) in [6.07, 6.45) is 0.610. The van der Waals surface area contributed by atoms with Crippen molar-refractivity contribution < 1.29 is 9.13 Å². The van der Waals surface area contributed by atoms with Crippen LogP contribution in [0.3, 0.4) is 0 Å². The summed E-state index contributed by atoms with van der Waals surface area (Å²) in [5.74, 6) is 0.662. The average molecular weight is 344 g/mol. The molecule has 2 aromatic rings. The van der Waals surface area contributed by atoms with E-state index in [1.165, 1.54) is 6.07 Å². The number of thiophene rings is 1. The van der Waals surface area contributed by atoms with E-state index in [4.69, 9.17) is 4.74 Å². The second-order valence-corrected chi connectivity index (χ2v) is 6.03. The third-order valence-corrected chi connectivity index (χ3v) is 4.48. The van der Waals surface area contributed by atoms with Gasteiger partial charge in [0.15, 0.2) is 0 Å². The first-order valence-electron chi connectivity index (χ1n) is 5.87. The van der Waals surface area contributed by atoms with Crippen LogP contribution in [0.5, 0.6) is 5.75 Å². The van der Waals surface area contributed by atoms with Gasteiger partial charge in [0, 0.05) is 20.8 Å². The molecule has 5 heteroatoms. The lowest BCUT2D eigenvalue weighted by molar-refractivity contribution is 0.416. The van der Waals surface area contributed by atoms with E-state index in [2.05, 4.69) is 21.2 Å². The standard InChI is InChI=1S/C14H15BrFNOS/c1-17-13(14-7-11(18-2)8-19-14)5-9-3-4-10(15)6-12(9)16/h3-4,6-8,13,17H,5H2,1-2H3. The third-order valence-electron chi connectivity index (χ3n) is 2.96. The molecule has 0 amide bonds. The second kappa shape index (κ2) is 6.50. The predicted molar refractivity (Wildman–Crippen MR) is 80.5 cm³/mol. The monoisotopic (exact) mass is 343 g/mol. The van der Waals surface area contributed by atoms with Crippen LogP contribution in [0.2, 0.25) is 0 Å². The van der Waals surface area contributed by atoms with Gasteiger partial charge in [0.1, 0.15) is 11.6 Å². The largest absolute Gasteiger partial charge is 0.496 e. The van der Waals surface area contributed by atoms with Gasteiger partial charge in [-0.1, -0.05) is 22.0 Å². The Morgan fingerprint density at radius 3 is 2.79 bits per heavy atom. The number of nitrogens with one attached hydrogen (secondary N) is 1. The van der Waals surface area contributed by atoms with Gasteiger partial charge in [-0.05, 0) is 37.2 Å². The second-order valence-electron chi connectivity index (χ2n) is 4.17. The first kappa shape index (κ1) is 14.5. The Morgan fingerprint density at radius 1 is 1.42 bits per heavy atom. The van der Waals surface area contributed by atoms with Gasteiger partial charge in [0.25, 0.3) is 0 Å². The normalized spacial score (nSPS) is 12.4. The number of ether oxygens (including phenoxy) is 1. The summed E-state index contributed by atoms with van der Waals surface area (Å²) in [4.78, 5) is 1.14. The summed E-state index contributed by atoms with van der Waals surface area (Å²) < 4.78 is 19.8. The van der Waals surface area contributed by atoms with Gasteiger partial charge in [0.2, 0.25) is 0 Å². The zero-order chi connectivity index (χ0) is 13.8. The van der Waals surface area contributed by atoms with E-state index in [1.807, 2.05) is 30.6 Å². The number of benzene rings is 1. The molecule has 0 aliphatic rings. The lowest BCUT2D eigenvalue weighted by Crippen LogP contribution is -2.18. The Labute approximate surface area is 124 Å². The van der Waals surface area contributed by atoms with Gasteiger partial charge in [-0.25, -0.2) is 4.39 Å². The molecule has 2 rings (SSSR count). The minimum Gasteiger partial charge on any atom is -0.496 e. The highest BCUT2D eigenvalue weighted by molar-refractivity contribution is 9.10. The van der Waals surface area contributed by atoms with E-state index in [-0.39, 0.29) is 11.9 Å². The van der Waals surface area contributed by atoms with Gasteiger partial charge in [-0.2, -0.15) is 0 Å². The summed E-state index contributed by atoms with van der Waals surface area (Å²) in [6, 6.07) is 7.25. The molecule has 0 bridgehead atoms. The van der Waals surface area contributed by atoms with Gasteiger partial charge in [0.05, 0.1) is 7.11 Å². The summed E-state index contributed by atoms with van der Waals surface area (Å²) in [7, 11) is 3.53. The summed E-state index contributed by atoms with van der Waals surface area (Å²) in [5, 5.41) is 5.18. The van der Waals surface area contributed by atoms with Crippen LogP contribution >= 0.6 is 27.3 Å². The van der Waals surface area contributed by atoms with Crippen molar-refractivity contribution >= 4 is 27.3 Å². The van der Waals surface area contributed by atoms with E-state index in [0.29, 0.717) is 12.0 Å². The molecule has 19 heavy (non-hydrogen) atoms. The fourth-order valence-corrected chi connectivity index (χ4v) is 3.18. The zero-order valence-corrected chi connectivity index (χ0v) is 13.1. The number of likely N-dealkylation sites (N-methyl/N-ethyl adjacent to an activating group) is 1. The number of hydrogen-bond donors (Lipinski definition) is 1. The highest BCUT2D eigenvalue weighted by Crippen LogP contribution is 2.29. The Bertz CT molecular complexity index is 558. The highest BCUT2D eigenvalue weighted by Gasteiger charge is 2.15. The van der Waals surface area contributed by atoms with Gasteiger partial charge in [-0.15, -0.1) is 11.3 Å². The molecule has 0 saturated carbocycles. The van der Waals surface area contributed by atoms with Crippen LogP contribution in [0, 0.1) is 5.82 Å². The van der Waals surface area contributed by atoms with Crippen molar-refractivity contribution in [3.63, 3.8) is 0 Å². The maximum Gasteiger partial charge on any atom is 0.129 e. The van der Waals surface area contributed by atoms with E-state index in [0.717, 1.165) is 15.1 Å². The van der Waals surface area contributed by atoms with Gasteiger partial charge in [-0.3, -0.25) is 0 Å². The predicted octanol–water partition coefficient (Wildman–Crippen LogP) is 4.16. The van der Waals surface area contributed by atoms with Crippen molar-refractivity contribution in [3.8, 4) is 5.75 Å². The smallest absolute Gasteiger partial charge is 0.129 e. The Morgan fingerprint density at radius 2 is 2.21 bits per heavy atom. The zero-order valence-electron chi connectivity index (χ0n) is 10.7. The number of rotatable bonds is 5. The van der Waals surface area contributed by atoms with Crippen LogP contribution in [0.1, 0.15) is 16.5 Å². The van der Waals surface area contributed by atoms with Crippen molar-refractivity contribution in [1.29, 1.82) is 0 Å². The number of halogens is 2. The molecule has 2 nitrogen and oxygen atoms in total. The SMILES string of the molecule is CNC(Cc1ccc(Br)cc1F)c1cc(OC)cs1. The Hall–Kier alpha value is -0.910. The molecular formula is C14H15BrFNOS. The minimum absolute atomic E-state index is 0.0876. The minimum atomic E-state index is -0.182. The van der Waals surface area contributed by atoms with E-state index >= 15 is 0 Å². The van der Waals surface area contributed by atoms with Crippen molar-refractivity contribution in [2.24, 2.45) is 0 Å². The van der Waals surface area contributed by atoms with Crippen molar-refractivity contribution in [2.75, 3.05) is 14.2 Å². The summed E-state index contributed by atoms with van der Waals surface area (Å²) in [6.45, 7) is 0. The molecule has 1 N–H and O–H groups in total. The molecule has 0 radical (unpaired) electrons. The average Bonchev–Trinajstić information content (AvgIpc) is 2.86. The van der Waals surface area contributed by atoms with E-state index in [9.17, 15) is 4.39 Å². The first-order valence-corrected chi connectivity index (χ1v) is 7.55. The molecular weight excluding hydrogens is 329 g/mol. The lowest BCUT2D eigenvalue weighted by Gasteiger charge is -2.15. The van der Waals surface area contributed by atoms with Crippen LogP contribution in [0.25, 0.3) is 0 Å². The van der Waals surface area contributed by atoms with E-state index in [1.54, 1.807) is 18.4 Å². The van der Waals surface area contributed by atoms with Gasteiger partial charge >= 0.3 is 0 Å². The van der Waals surface area contributed by atoms with Crippen LogP contribution in [0.15, 0.2) is 34.1 Å². The van der Waals surface area contributed by atoms with Gasteiger partial charge < -0.3 is 10.1 Å². The fraction of sp³-hybridized carbons (Fsp3) is 0.286. The van der Waals surface area contributed by atoms with E-state index < -0.39 is 0 Å². The quantitative estimate of drug-likeness (QED) is 0.879. The number of methoxy groups -OCH3 is 1. The summed E-state index contributed by atoms with van der Waals surface area (Å²) in [5.41, 5.74) is 0.704. The summed E-state index contributed by atoms with van der Waals surface area (Å²) >= 11 is 4.88.